The van der Waals surface area contributed by atoms with Gasteiger partial charge in [-0.15, -0.1) is 0 Å². The van der Waals surface area contributed by atoms with Crippen LogP contribution in [0.15, 0.2) is 30.6 Å². The lowest BCUT2D eigenvalue weighted by Crippen LogP contribution is -2.30. The molecule has 1 aliphatic heterocycles. The van der Waals surface area contributed by atoms with E-state index in [0.717, 1.165) is 24.5 Å². The van der Waals surface area contributed by atoms with Crippen LogP contribution in [0.5, 0.6) is 11.5 Å². The van der Waals surface area contributed by atoms with E-state index in [2.05, 4.69) is 20.2 Å². The van der Waals surface area contributed by atoms with Gasteiger partial charge in [-0.3, -0.25) is 0 Å². The molecule has 0 bridgehead atoms. The molecule has 2 N–H and O–H groups in total. The van der Waals surface area contributed by atoms with Crippen molar-refractivity contribution in [1.82, 2.24) is 9.97 Å². The molecule has 1 aromatic carbocycles. The number of piperidine rings is 1. The first-order chi connectivity index (χ1) is 12.7. The Morgan fingerprint density at radius 3 is 2.38 bits per heavy atom. The van der Waals surface area contributed by atoms with E-state index in [1.807, 2.05) is 6.07 Å². The van der Waals surface area contributed by atoms with E-state index in [9.17, 15) is 5.11 Å². The predicted octanol–water partition coefficient (Wildman–Crippen LogP) is 2.63. The van der Waals surface area contributed by atoms with Crippen LogP contribution in [0.1, 0.15) is 30.9 Å². The second kappa shape index (κ2) is 8.71. The Bertz CT molecular complexity index is 697. The molecular formula is C19H26N4O3. The van der Waals surface area contributed by atoms with Crippen molar-refractivity contribution in [3.05, 3.63) is 36.2 Å². The third kappa shape index (κ3) is 4.54. The Morgan fingerprint density at radius 2 is 1.73 bits per heavy atom. The SMILES string of the molecule is COc1cc(OC)cc(C(O)CNc2cc(N3CCCCC3)ncn2)c1. The van der Waals surface area contributed by atoms with Gasteiger partial charge in [-0.1, -0.05) is 0 Å². The van der Waals surface area contributed by atoms with Gasteiger partial charge in [0.2, 0.25) is 0 Å². The first-order valence-electron chi connectivity index (χ1n) is 8.91. The van der Waals surface area contributed by atoms with Crippen LogP contribution in [0.2, 0.25) is 0 Å². The summed E-state index contributed by atoms with van der Waals surface area (Å²) in [5.41, 5.74) is 0.721. The van der Waals surface area contributed by atoms with E-state index in [0.29, 0.717) is 23.9 Å². The molecular weight excluding hydrogens is 332 g/mol. The minimum absolute atomic E-state index is 0.326. The third-order valence-electron chi connectivity index (χ3n) is 4.57. The smallest absolute Gasteiger partial charge is 0.134 e. The van der Waals surface area contributed by atoms with Crippen molar-refractivity contribution in [2.45, 2.75) is 25.4 Å². The molecule has 7 nitrogen and oxygen atoms in total. The maximum atomic E-state index is 10.5. The molecule has 0 spiro atoms. The summed E-state index contributed by atoms with van der Waals surface area (Å²) in [4.78, 5) is 10.9. The number of hydrogen-bond acceptors (Lipinski definition) is 7. The van der Waals surface area contributed by atoms with Crippen LogP contribution >= 0.6 is 0 Å². The van der Waals surface area contributed by atoms with Crippen LogP contribution in [0, 0.1) is 0 Å². The molecule has 2 aromatic rings. The fourth-order valence-corrected chi connectivity index (χ4v) is 3.08. The van der Waals surface area contributed by atoms with E-state index in [1.54, 1.807) is 38.7 Å². The summed E-state index contributed by atoms with van der Waals surface area (Å²) in [5, 5.41) is 13.7. The Balaban J connectivity index is 1.65. The molecule has 1 fully saturated rings. The molecule has 0 aliphatic carbocycles. The highest BCUT2D eigenvalue weighted by atomic mass is 16.5. The highest BCUT2D eigenvalue weighted by molar-refractivity contribution is 5.49. The number of aliphatic hydroxyl groups excluding tert-OH is 1. The molecule has 1 aliphatic rings. The summed E-state index contributed by atoms with van der Waals surface area (Å²) in [5.74, 6) is 2.93. The number of benzene rings is 1. The zero-order valence-corrected chi connectivity index (χ0v) is 15.3. The summed E-state index contributed by atoms with van der Waals surface area (Å²) >= 11 is 0. The van der Waals surface area contributed by atoms with Crippen LogP contribution in [-0.2, 0) is 0 Å². The average molecular weight is 358 g/mol. The summed E-state index contributed by atoms with van der Waals surface area (Å²) in [7, 11) is 3.18. The Kier molecular flexibility index (Phi) is 6.12. The van der Waals surface area contributed by atoms with Crippen molar-refractivity contribution in [2.75, 3.05) is 44.1 Å². The predicted molar refractivity (Wildman–Crippen MR) is 101 cm³/mol. The van der Waals surface area contributed by atoms with Crippen molar-refractivity contribution >= 4 is 11.6 Å². The van der Waals surface area contributed by atoms with Crippen molar-refractivity contribution in [3.8, 4) is 11.5 Å². The molecule has 1 aromatic heterocycles. The zero-order valence-electron chi connectivity index (χ0n) is 15.3. The van der Waals surface area contributed by atoms with Gasteiger partial charge in [-0.25, -0.2) is 9.97 Å². The fourth-order valence-electron chi connectivity index (χ4n) is 3.08. The number of ether oxygens (including phenoxy) is 2. The first kappa shape index (κ1) is 18.3. The van der Waals surface area contributed by atoms with E-state index in [1.165, 1.54) is 19.3 Å². The lowest BCUT2D eigenvalue weighted by Gasteiger charge is -2.27. The van der Waals surface area contributed by atoms with Gasteiger partial charge in [-0.05, 0) is 37.0 Å². The standard InChI is InChI=1S/C19H26N4O3/c1-25-15-8-14(9-16(10-15)26-2)17(24)12-20-18-11-19(22-13-21-18)23-6-4-3-5-7-23/h8-11,13,17,24H,3-7,12H2,1-2H3,(H,20,21,22). The Labute approximate surface area is 154 Å². The molecule has 1 unspecified atom stereocenters. The topological polar surface area (TPSA) is 79.7 Å². The molecule has 26 heavy (non-hydrogen) atoms. The lowest BCUT2D eigenvalue weighted by atomic mass is 10.1. The van der Waals surface area contributed by atoms with Gasteiger partial charge in [0.25, 0.3) is 0 Å². The largest absolute Gasteiger partial charge is 0.497 e. The van der Waals surface area contributed by atoms with Gasteiger partial charge in [-0.2, -0.15) is 0 Å². The second-order valence-electron chi connectivity index (χ2n) is 6.35. The number of rotatable bonds is 7. The highest BCUT2D eigenvalue weighted by Gasteiger charge is 2.14. The number of anilines is 2. The minimum atomic E-state index is -0.715. The van der Waals surface area contributed by atoms with Gasteiger partial charge in [0.1, 0.15) is 29.5 Å². The minimum Gasteiger partial charge on any atom is -0.497 e. The van der Waals surface area contributed by atoms with Gasteiger partial charge >= 0.3 is 0 Å². The van der Waals surface area contributed by atoms with E-state index < -0.39 is 6.10 Å². The maximum Gasteiger partial charge on any atom is 0.134 e. The first-order valence-corrected chi connectivity index (χ1v) is 8.91. The monoisotopic (exact) mass is 358 g/mol. The van der Waals surface area contributed by atoms with E-state index >= 15 is 0 Å². The Morgan fingerprint density at radius 1 is 1.04 bits per heavy atom. The Hall–Kier alpha value is -2.54. The molecule has 0 radical (unpaired) electrons. The number of methoxy groups -OCH3 is 2. The quantitative estimate of drug-likeness (QED) is 0.787. The van der Waals surface area contributed by atoms with Crippen LogP contribution < -0.4 is 19.7 Å². The number of nitrogens with one attached hydrogen (secondary N) is 1. The van der Waals surface area contributed by atoms with E-state index in [4.69, 9.17) is 9.47 Å². The number of aromatic nitrogens is 2. The highest BCUT2D eigenvalue weighted by Crippen LogP contribution is 2.27. The molecule has 0 amide bonds. The summed E-state index contributed by atoms with van der Waals surface area (Å²) in [6, 6.07) is 7.31. The molecule has 1 saturated heterocycles. The average Bonchev–Trinajstić information content (AvgIpc) is 2.72. The number of hydrogen-bond donors (Lipinski definition) is 2. The maximum absolute atomic E-state index is 10.5. The van der Waals surface area contributed by atoms with Crippen molar-refractivity contribution in [1.29, 1.82) is 0 Å². The normalized spacial score (nSPS) is 15.4. The number of nitrogens with zero attached hydrogens (tertiary/aromatic N) is 3. The summed E-state index contributed by atoms with van der Waals surface area (Å²) in [6.07, 6.45) is 4.52. The van der Waals surface area contributed by atoms with Gasteiger partial charge in [0, 0.05) is 31.8 Å². The van der Waals surface area contributed by atoms with Crippen molar-refractivity contribution < 1.29 is 14.6 Å². The molecule has 3 rings (SSSR count). The summed E-state index contributed by atoms with van der Waals surface area (Å²) in [6.45, 7) is 2.39. The summed E-state index contributed by atoms with van der Waals surface area (Å²) < 4.78 is 10.5. The molecule has 2 heterocycles. The molecule has 1 atom stereocenters. The van der Waals surface area contributed by atoms with Crippen molar-refractivity contribution in [2.24, 2.45) is 0 Å². The number of aliphatic hydroxyl groups is 1. The van der Waals surface area contributed by atoms with Crippen LogP contribution in [0.25, 0.3) is 0 Å². The van der Waals surface area contributed by atoms with Gasteiger partial charge < -0.3 is 24.8 Å². The lowest BCUT2D eigenvalue weighted by molar-refractivity contribution is 0.190. The second-order valence-corrected chi connectivity index (χ2v) is 6.35. The van der Waals surface area contributed by atoms with Crippen molar-refractivity contribution in [3.63, 3.8) is 0 Å². The van der Waals surface area contributed by atoms with Crippen LogP contribution in [0.3, 0.4) is 0 Å². The molecule has 0 saturated carbocycles. The van der Waals surface area contributed by atoms with Gasteiger partial charge in [0.05, 0.1) is 20.3 Å². The van der Waals surface area contributed by atoms with Gasteiger partial charge in [0.15, 0.2) is 0 Å². The zero-order chi connectivity index (χ0) is 18.4. The van der Waals surface area contributed by atoms with Crippen LogP contribution in [0.4, 0.5) is 11.6 Å². The van der Waals surface area contributed by atoms with Crippen LogP contribution in [-0.4, -0.2) is 48.9 Å². The molecule has 140 valence electrons. The molecule has 7 heteroatoms. The van der Waals surface area contributed by atoms with E-state index in [-0.39, 0.29) is 0 Å². The third-order valence-corrected chi connectivity index (χ3v) is 4.57. The fraction of sp³-hybridized carbons (Fsp3) is 0.474.